The molecule has 2 nitrogen and oxygen atoms in total. The molecule has 0 rings (SSSR count). The Balaban J connectivity index is 2.88. The maximum absolute atomic E-state index is 8.83. The highest BCUT2D eigenvalue weighted by Crippen LogP contribution is 2.01. The van der Waals surface area contributed by atoms with E-state index in [2.05, 4.69) is 0 Å². The minimum atomic E-state index is -0.503. The highest BCUT2D eigenvalue weighted by atomic mass is 32.2. The molecule has 0 spiro atoms. The number of rotatable bonds is 5. The van der Waals surface area contributed by atoms with Crippen molar-refractivity contribution >= 4 is 11.8 Å². The van der Waals surface area contributed by atoms with Gasteiger partial charge in [-0.25, -0.2) is 0 Å². The molecular weight excluding hydrogens is 136 g/mol. The van der Waals surface area contributed by atoms with Gasteiger partial charge in [-0.3, -0.25) is 0 Å². The summed E-state index contributed by atoms with van der Waals surface area (Å²) in [6.45, 7) is -0.103. The van der Waals surface area contributed by atoms with Gasteiger partial charge in [-0.2, -0.15) is 11.8 Å². The van der Waals surface area contributed by atoms with Crippen molar-refractivity contribution in [2.75, 3.05) is 18.6 Å². The summed E-state index contributed by atoms with van der Waals surface area (Å²) in [6, 6.07) is 0. The average Bonchev–Trinajstić information content (AvgIpc) is 1.89. The van der Waals surface area contributed by atoms with Crippen LogP contribution < -0.4 is 0 Å². The van der Waals surface area contributed by atoms with Crippen LogP contribution in [0.25, 0.3) is 0 Å². The molecule has 0 radical (unpaired) electrons. The van der Waals surface area contributed by atoms with Crippen LogP contribution in [0.4, 0.5) is 0 Å². The molecule has 0 aliphatic rings. The normalized spacial score (nSPS) is 13.7. The Morgan fingerprint density at radius 3 is 2.67 bits per heavy atom. The topological polar surface area (TPSA) is 40.5 Å². The molecule has 3 heteroatoms. The maximum Gasteiger partial charge on any atom is 0.0771 e. The fraction of sp³-hybridized carbons (Fsp3) is 1.00. The molecule has 0 fully saturated rings. The van der Waals surface area contributed by atoms with E-state index >= 15 is 0 Å². The van der Waals surface area contributed by atoms with E-state index in [1.807, 2.05) is 6.26 Å². The van der Waals surface area contributed by atoms with Gasteiger partial charge in [0, 0.05) is 0 Å². The van der Waals surface area contributed by atoms with Crippen molar-refractivity contribution in [2.45, 2.75) is 18.9 Å². The molecule has 0 bridgehead atoms. The number of aliphatic hydroxyl groups is 2. The van der Waals surface area contributed by atoms with Crippen LogP contribution >= 0.6 is 11.8 Å². The van der Waals surface area contributed by atoms with Crippen molar-refractivity contribution in [3.63, 3.8) is 0 Å². The van der Waals surface area contributed by atoms with Crippen LogP contribution in [-0.4, -0.2) is 34.9 Å². The zero-order chi connectivity index (χ0) is 7.11. The molecule has 9 heavy (non-hydrogen) atoms. The van der Waals surface area contributed by atoms with Crippen LogP contribution in [-0.2, 0) is 0 Å². The van der Waals surface area contributed by atoms with E-state index in [1.54, 1.807) is 11.8 Å². The SMILES string of the molecule is CSCCCC(O)CO. The lowest BCUT2D eigenvalue weighted by molar-refractivity contribution is 0.0880. The monoisotopic (exact) mass is 150 g/mol. The average molecular weight is 150 g/mol. The Hall–Kier alpha value is 0.270. The molecule has 2 N–H and O–H groups in total. The molecule has 0 aromatic carbocycles. The predicted molar refractivity (Wildman–Crippen MR) is 40.7 cm³/mol. The predicted octanol–water partition coefficient (Wildman–Crippen LogP) is 0.483. The molecular formula is C6H14O2S. The molecule has 0 saturated heterocycles. The van der Waals surface area contributed by atoms with Crippen LogP contribution in [0.2, 0.25) is 0 Å². The van der Waals surface area contributed by atoms with Gasteiger partial charge in [-0.05, 0) is 24.9 Å². The van der Waals surface area contributed by atoms with Gasteiger partial charge in [-0.15, -0.1) is 0 Å². The van der Waals surface area contributed by atoms with Gasteiger partial charge < -0.3 is 10.2 Å². The smallest absolute Gasteiger partial charge is 0.0771 e. The highest BCUT2D eigenvalue weighted by molar-refractivity contribution is 7.98. The third kappa shape index (κ3) is 6.15. The molecule has 1 atom stereocenters. The second-order valence-electron chi connectivity index (χ2n) is 1.97. The highest BCUT2D eigenvalue weighted by Gasteiger charge is 1.98. The van der Waals surface area contributed by atoms with Crippen LogP contribution in [0, 0.1) is 0 Å². The second kappa shape index (κ2) is 6.39. The summed E-state index contributed by atoms with van der Waals surface area (Å²) < 4.78 is 0. The van der Waals surface area contributed by atoms with Gasteiger partial charge in [0.25, 0.3) is 0 Å². The molecule has 0 saturated carbocycles. The van der Waals surface area contributed by atoms with Gasteiger partial charge in [-0.1, -0.05) is 0 Å². The Bertz CT molecular complexity index is 59.0. The molecule has 56 valence electrons. The van der Waals surface area contributed by atoms with Gasteiger partial charge in [0.1, 0.15) is 0 Å². The molecule has 0 aromatic heterocycles. The standard InChI is InChI=1S/C6H14O2S/c1-9-4-2-3-6(8)5-7/h6-8H,2-5H2,1H3. The van der Waals surface area contributed by atoms with Crippen LogP contribution in [0.15, 0.2) is 0 Å². The first-order chi connectivity index (χ1) is 4.31. The van der Waals surface area contributed by atoms with Crippen LogP contribution in [0.1, 0.15) is 12.8 Å². The summed E-state index contributed by atoms with van der Waals surface area (Å²) in [5.74, 6) is 1.07. The van der Waals surface area contributed by atoms with Gasteiger partial charge >= 0.3 is 0 Å². The number of hydrogen-bond acceptors (Lipinski definition) is 3. The van der Waals surface area contributed by atoms with Crippen molar-refractivity contribution in [3.8, 4) is 0 Å². The zero-order valence-electron chi connectivity index (χ0n) is 5.71. The van der Waals surface area contributed by atoms with E-state index in [1.165, 1.54) is 0 Å². The summed E-state index contributed by atoms with van der Waals surface area (Å²) >= 11 is 1.76. The Morgan fingerprint density at radius 1 is 1.56 bits per heavy atom. The van der Waals surface area contributed by atoms with Crippen molar-refractivity contribution in [1.82, 2.24) is 0 Å². The molecule has 0 heterocycles. The van der Waals surface area contributed by atoms with Crippen molar-refractivity contribution in [3.05, 3.63) is 0 Å². The van der Waals surface area contributed by atoms with Crippen LogP contribution in [0.3, 0.4) is 0 Å². The van der Waals surface area contributed by atoms with Gasteiger partial charge in [0.2, 0.25) is 0 Å². The van der Waals surface area contributed by atoms with E-state index in [4.69, 9.17) is 10.2 Å². The Kier molecular flexibility index (Phi) is 6.58. The van der Waals surface area contributed by atoms with Gasteiger partial charge in [0.05, 0.1) is 12.7 Å². The number of hydrogen-bond donors (Lipinski definition) is 2. The van der Waals surface area contributed by atoms with Crippen molar-refractivity contribution < 1.29 is 10.2 Å². The number of thioether (sulfide) groups is 1. The lowest BCUT2D eigenvalue weighted by atomic mass is 10.2. The molecule has 0 aliphatic carbocycles. The maximum atomic E-state index is 8.83. The first-order valence-electron chi connectivity index (χ1n) is 3.09. The third-order valence-corrected chi connectivity index (χ3v) is 1.79. The second-order valence-corrected chi connectivity index (χ2v) is 2.96. The largest absolute Gasteiger partial charge is 0.394 e. The minimum Gasteiger partial charge on any atom is -0.394 e. The summed E-state index contributed by atoms with van der Waals surface area (Å²) in [7, 11) is 0. The molecule has 0 amide bonds. The summed E-state index contributed by atoms with van der Waals surface area (Å²) in [6.07, 6.45) is 3.24. The first kappa shape index (κ1) is 9.27. The lowest BCUT2D eigenvalue weighted by Crippen LogP contribution is -2.11. The lowest BCUT2D eigenvalue weighted by Gasteiger charge is -2.03. The van der Waals surface area contributed by atoms with Crippen LogP contribution in [0.5, 0.6) is 0 Å². The van der Waals surface area contributed by atoms with E-state index in [9.17, 15) is 0 Å². The Labute approximate surface area is 60.3 Å². The third-order valence-electron chi connectivity index (χ3n) is 1.10. The van der Waals surface area contributed by atoms with Gasteiger partial charge in [0.15, 0.2) is 0 Å². The fourth-order valence-electron chi connectivity index (χ4n) is 0.555. The van der Waals surface area contributed by atoms with Crippen molar-refractivity contribution in [1.29, 1.82) is 0 Å². The molecule has 0 aromatic rings. The first-order valence-corrected chi connectivity index (χ1v) is 4.48. The van der Waals surface area contributed by atoms with E-state index in [0.29, 0.717) is 0 Å². The Morgan fingerprint density at radius 2 is 2.22 bits per heavy atom. The quantitative estimate of drug-likeness (QED) is 0.560. The number of aliphatic hydroxyl groups excluding tert-OH is 2. The van der Waals surface area contributed by atoms with E-state index in [-0.39, 0.29) is 6.61 Å². The zero-order valence-corrected chi connectivity index (χ0v) is 6.52. The molecule has 1 unspecified atom stereocenters. The molecule has 0 aliphatic heterocycles. The van der Waals surface area contributed by atoms with Crippen molar-refractivity contribution in [2.24, 2.45) is 0 Å². The minimum absolute atomic E-state index is 0.103. The summed E-state index contributed by atoms with van der Waals surface area (Å²) in [4.78, 5) is 0. The van der Waals surface area contributed by atoms with E-state index < -0.39 is 6.10 Å². The summed E-state index contributed by atoms with van der Waals surface area (Å²) in [5, 5.41) is 17.2. The fourth-order valence-corrected chi connectivity index (χ4v) is 1.01. The summed E-state index contributed by atoms with van der Waals surface area (Å²) in [5.41, 5.74) is 0. The van der Waals surface area contributed by atoms with E-state index in [0.717, 1.165) is 18.6 Å².